The maximum Gasteiger partial charge on any atom is 0.153 e. The molecule has 0 bridgehead atoms. The summed E-state index contributed by atoms with van der Waals surface area (Å²) < 4.78 is 5.84. The molecule has 2 aliphatic rings. The Balaban J connectivity index is 1.92. The molecule has 0 spiro atoms. The summed E-state index contributed by atoms with van der Waals surface area (Å²) in [5.41, 5.74) is 5.75. The second-order valence-corrected chi connectivity index (χ2v) is 5.23. The van der Waals surface area contributed by atoms with E-state index in [4.69, 9.17) is 22.1 Å². The normalized spacial score (nSPS) is 27.9. The van der Waals surface area contributed by atoms with E-state index in [1.54, 1.807) is 0 Å². The van der Waals surface area contributed by atoms with E-state index in [1.807, 2.05) is 0 Å². The lowest BCUT2D eigenvalue weighted by Crippen LogP contribution is -2.53. The fraction of sp³-hybridized carbons (Fsp3) is 0.667. The van der Waals surface area contributed by atoms with Crippen LogP contribution in [0.25, 0.3) is 0 Å². The highest BCUT2D eigenvalue weighted by atomic mass is 35.5. The minimum atomic E-state index is 0.305. The minimum absolute atomic E-state index is 0.305. The molecular formula is C12H17ClN4O. The Kier molecular flexibility index (Phi) is 3.26. The molecule has 1 aliphatic heterocycles. The average Bonchev–Trinajstić information content (AvgIpc) is 2.41. The van der Waals surface area contributed by atoms with Gasteiger partial charge in [-0.05, 0) is 12.8 Å². The van der Waals surface area contributed by atoms with Crippen molar-refractivity contribution < 1.29 is 4.74 Å². The van der Waals surface area contributed by atoms with Crippen LogP contribution in [0, 0.1) is 0 Å². The molecule has 98 valence electrons. The summed E-state index contributed by atoms with van der Waals surface area (Å²) >= 11 is 6.23. The number of nitrogen functional groups attached to an aromatic ring is 1. The van der Waals surface area contributed by atoms with Gasteiger partial charge in [-0.1, -0.05) is 24.4 Å². The van der Waals surface area contributed by atoms with Crippen LogP contribution in [0.2, 0.25) is 5.02 Å². The molecule has 0 amide bonds. The SMILES string of the molecule is Nc1ncnc(N2CCOC3CCCCC32)c1Cl. The number of rotatable bonds is 1. The van der Waals surface area contributed by atoms with Crippen molar-refractivity contribution >= 4 is 23.2 Å². The molecule has 0 radical (unpaired) electrons. The third-order valence-electron chi connectivity index (χ3n) is 3.80. The molecule has 1 aromatic heterocycles. The molecule has 1 aliphatic carbocycles. The van der Waals surface area contributed by atoms with Gasteiger partial charge < -0.3 is 15.4 Å². The molecule has 1 saturated carbocycles. The van der Waals surface area contributed by atoms with Crippen molar-refractivity contribution in [2.45, 2.75) is 37.8 Å². The van der Waals surface area contributed by atoms with Crippen LogP contribution in [0.3, 0.4) is 0 Å². The Hall–Kier alpha value is -1.07. The summed E-state index contributed by atoms with van der Waals surface area (Å²) in [6.45, 7) is 1.54. The van der Waals surface area contributed by atoms with E-state index >= 15 is 0 Å². The van der Waals surface area contributed by atoms with Crippen molar-refractivity contribution in [3.05, 3.63) is 11.3 Å². The van der Waals surface area contributed by atoms with Gasteiger partial charge in [-0.2, -0.15) is 0 Å². The van der Waals surface area contributed by atoms with Crippen LogP contribution < -0.4 is 10.6 Å². The van der Waals surface area contributed by atoms with E-state index in [0.717, 1.165) is 31.8 Å². The molecular weight excluding hydrogens is 252 g/mol. The van der Waals surface area contributed by atoms with Gasteiger partial charge in [0, 0.05) is 6.54 Å². The van der Waals surface area contributed by atoms with Crippen molar-refractivity contribution in [1.29, 1.82) is 0 Å². The van der Waals surface area contributed by atoms with Crippen molar-refractivity contribution in [2.24, 2.45) is 0 Å². The van der Waals surface area contributed by atoms with Gasteiger partial charge in [0.05, 0.1) is 18.8 Å². The van der Waals surface area contributed by atoms with Crippen LogP contribution in [0.5, 0.6) is 0 Å². The van der Waals surface area contributed by atoms with E-state index in [0.29, 0.717) is 23.0 Å². The molecule has 2 atom stereocenters. The number of fused-ring (bicyclic) bond motifs is 1. The molecule has 1 aromatic rings. The summed E-state index contributed by atoms with van der Waals surface area (Å²) in [6.07, 6.45) is 6.52. The van der Waals surface area contributed by atoms with Gasteiger partial charge >= 0.3 is 0 Å². The van der Waals surface area contributed by atoms with Crippen LogP contribution in [0.1, 0.15) is 25.7 Å². The topological polar surface area (TPSA) is 64.3 Å². The maximum absolute atomic E-state index is 6.23. The minimum Gasteiger partial charge on any atom is -0.382 e. The third kappa shape index (κ3) is 2.01. The van der Waals surface area contributed by atoms with Gasteiger partial charge in [0.2, 0.25) is 0 Å². The summed E-state index contributed by atoms with van der Waals surface area (Å²) in [5, 5.41) is 0.462. The van der Waals surface area contributed by atoms with Crippen molar-refractivity contribution in [1.82, 2.24) is 9.97 Å². The van der Waals surface area contributed by atoms with Gasteiger partial charge in [0.15, 0.2) is 5.82 Å². The van der Waals surface area contributed by atoms with E-state index in [-0.39, 0.29) is 0 Å². The zero-order chi connectivity index (χ0) is 12.5. The summed E-state index contributed by atoms with van der Waals surface area (Å²) in [5.74, 6) is 1.10. The zero-order valence-corrected chi connectivity index (χ0v) is 10.9. The Morgan fingerprint density at radius 3 is 3.06 bits per heavy atom. The Morgan fingerprint density at radius 2 is 2.17 bits per heavy atom. The number of nitrogens with two attached hydrogens (primary N) is 1. The lowest BCUT2D eigenvalue weighted by molar-refractivity contribution is -0.00898. The monoisotopic (exact) mass is 268 g/mol. The molecule has 2 fully saturated rings. The number of halogens is 1. The molecule has 2 unspecified atom stereocenters. The van der Waals surface area contributed by atoms with Crippen LogP contribution in [-0.2, 0) is 4.74 Å². The third-order valence-corrected chi connectivity index (χ3v) is 4.16. The number of morpholine rings is 1. The second kappa shape index (κ2) is 4.90. The molecule has 18 heavy (non-hydrogen) atoms. The molecule has 1 saturated heterocycles. The summed E-state index contributed by atoms with van der Waals surface area (Å²) in [7, 11) is 0. The Morgan fingerprint density at radius 1 is 1.33 bits per heavy atom. The highest BCUT2D eigenvalue weighted by Crippen LogP contribution is 2.35. The summed E-state index contributed by atoms with van der Waals surface area (Å²) in [6, 6.07) is 0.374. The number of hydrogen-bond donors (Lipinski definition) is 1. The molecule has 2 N–H and O–H groups in total. The fourth-order valence-electron chi connectivity index (χ4n) is 2.93. The van der Waals surface area contributed by atoms with Crippen LogP contribution >= 0.6 is 11.6 Å². The largest absolute Gasteiger partial charge is 0.382 e. The highest BCUT2D eigenvalue weighted by molar-refractivity contribution is 6.35. The molecule has 5 nitrogen and oxygen atoms in total. The smallest absolute Gasteiger partial charge is 0.153 e. The van der Waals surface area contributed by atoms with Gasteiger partial charge in [-0.3, -0.25) is 0 Å². The van der Waals surface area contributed by atoms with Gasteiger partial charge in [-0.25, -0.2) is 9.97 Å². The number of anilines is 2. The second-order valence-electron chi connectivity index (χ2n) is 4.85. The number of nitrogens with zero attached hydrogens (tertiary/aromatic N) is 3. The highest BCUT2D eigenvalue weighted by Gasteiger charge is 2.35. The molecule has 0 aromatic carbocycles. The number of hydrogen-bond acceptors (Lipinski definition) is 5. The van der Waals surface area contributed by atoms with E-state index < -0.39 is 0 Å². The van der Waals surface area contributed by atoms with E-state index in [2.05, 4.69) is 14.9 Å². The molecule has 3 rings (SSSR count). The maximum atomic E-state index is 6.23. The molecule has 2 heterocycles. The first-order valence-corrected chi connectivity index (χ1v) is 6.79. The van der Waals surface area contributed by atoms with Gasteiger partial charge in [0.25, 0.3) is 0 Å². The zero-order valence-electron chi connectivity index (χ0n) is 10.2. The number of ether oxygens (including phenoxy) is 1. The van der Waals surface area contributed by atoms with Crippen LogP contribution in [0.15, 0.2) is 6.33 Å². The predicted octanol–water partition coefficient (Wildman–Crippen LogP) is 1.86. The number of aromatic nitrogens is 2. The van der Waals surface area contributed by atoms with Gasteiger partial charge in [0.1, 0.15) is 17.2 Å². The van der Waals surface area contributed by atoms with E-state index in [9.17, 15) is 0 Å². The average molecular weight is 269 g/mol. The first-order chi connectivity index (χ1) is 8.77. The standard InChI is InChI=1S/C12H17ClN4O/c13-10-11(14)15-7-16-12(10)17-5-6-18-9-4-2-1-3-8(9)17/h7-9H,1-6H2,(H2,14,15,16). The quantitative estimate of drug-likeness (QED) is 0.842. The van der Waals surface area contributed by atoms with Crippen LogP contribution in [-0.4, -0.2) is 35.3 Å². The Labute approximate surface area is 111 Å². The van der Waals surface area contributed by atoms with Crippen molar-refractivity contribution in [3.8, 4) is 0 Å². The lowest BCUT2D eigenvalue weighted by atomic mass is 9.90. The Bertz CT molecular complexity index is 440. The van der Waals surface area contributed by atoms with E-state index in [1.165, 1.54) is 19.2 Å². The first-order valence-electron chi connectivity index (χ1n) is 6.41. The summed E-state index contributed by atoms with van der Waals surface area (Å²) in [4.78, 5) is 10.5. The lowest BCUT2D eigenvalue weighted by Gasteiger charge is -2.44. The van der Waals surface area contributed by atoms with Gasteiger partial charge in [-0.15, -0.1) is 0 Å². The van der Waals surface area contributed by atoms with Crippen molar-refractivity contribution in [3.63, 3.8) is 0 Å². The predicted molar refractivity (Wildman–Crippen MR) is 70.8 cm³/mol. The van der Waals surface area contributed by atoms with Crippen molar-refractivity contribution in [2.75, 3.05) is 23.8 Å². The fourth-order valence-corrected chi connectivity index (χ4v) is 3.14. The molecule has 6 heteroatoms. The van der Waals surface area contributed by atoms with Crippen LogP contribution in [0.4, 0.5) is 11.6 Å². The first kappa shape index (κ1) is 12.0.